The summed E-state index contributed by atoms with van der Waals surface area (Å²) in [7, 11) is 0. The second kappa shape index (κ2) is 30.3. The third-order valence-electron chi connectivity index (χ3n) is 7.27. The third-order valence-corrected chi connectivity index (χ3v) is 7.27. The molecule has 0 saturated heterocycles. The average molecular weight is 591 g/mol. The number of ether oxygens (including phenoxy) is 2. The van der Waals surface area contributed by atoms with Crippen molar-refractivity contribution in [1.82, 2.24) is 0 Å². The lowest BCUT2D eigenvalue weighted by atomic mass is 10.00. The summed E-state index contributed by atoms with van der Waals surface area (Å²) in [5.74, 6) is 0.00862. The van der Waals surface area contributed by atoms with Crippen LogP contribution in [0.4, 0.5) is 0 Å². The molecule has 0 spiro atoms. The fourth-order valence-electron chi connectivity index (χ4n) is 4.28. The Morgan fingerprint density at radius 2 is 1.40 bits per heavy atom. The highest BCUT2D eigenvalue weighted by Gasteiger charge is 2.16. The SMILES string of the molecule is CCCCC/C=C\C/C=C\C/C=C\C=C\[C@H](O)CCCC(=O)O[C@@H](CO)COC(=O)CCCCCCCCC(C)CC. The second-order valence-corrected chi connectivity index (χ2v) is 11.3. The monoisotopic (exact) mass is 590 g/mol. The molecule has 0 aliphatic heterocycles. The van der Waals surface area contributed by atoms with Crippen molar-refractivity contribution >= 4 is 11.9 Å². The Morgan fingerprint density at radius 1 is 0.738 bits per heavy atom. The molecule has 2 N–H and O–H groups in total. The van der Waals surface area contributed by atoms with Crippen molar-refractivity contribution in [2.75, 3.05) is 13.2 Å². The van der Waals surface area contributed by atoms with Gasteiger partial charge < -0.3 is 19.7 Å². The molecule has 0 heterocycles. The molecule has 0 aliphatic rings. The largest absolute Gasteiger partial charge is 0.462 e. The maximum atomic E-state index is 12.1. The van der Waals surface area contributed by atoms with E-state index < -0.39 is 24.8 Å². The predicted octanol–water partition coefficient (Wildman–Crippen LogP) is 8.72. The van der Waals surface area contributed by atoms with Crippen LogP contribution in [0.15, 0.2) is 48.6 Å². The number of unbranched alkanes of at least 4 members (excludes halogenated alkanes) is 8. The molecule has 0 bridgehead atoms. The molecule has 42 heavy (non-hydrogen) atoms. The zero-order valence-electron chi connectivity index (χ0n) is 27.0. The summed E-state index contributed by atoms with van der Waals surface area (Å²) in [4.78, 5) is 24.1. The summed E-state index contributed by atoms with van der Waals surface area (Å²) in [6.45, 7) is 6.21. The van der Waals surface area contributed by atoms with Crippen LogP contribution < -0.4 is 0 Å². The van der Waals surface area contributed by atoms with Crippen LogP contribution in [0.3, 0.4) is 0 Å². The summed E-state index contributed by atoms with van der Waals surface area (Å²) in [5, 5.41) is 19.6. The van der Waals surface area contributed by atoms with Crippen molar-refractivity contribution < 1.29 is 29.3 Å². The fraction of sp³-hybridized carbons (Fsp3) is 0.722. The van der Waals surface area contributed by atoms with Crippen molar-refractivity contribution in [1.29, 1.82) is 0 Å². The highest BCUT2D eigenvalue weighted by Crippen LogP contribution is 2.15. The minimum Gasteiger partial charge on any atom is -0.462 e. The predicted molar refractivity (Wildman–Crippen MR) is 174 cm³/mol. The molecule has 3 atom stereocenters. The van der Waals surface area contributed by atoms with Gasteiger partial charge in [0.1, 0.15) is 6.61 Å². The van der Waals surface area contributed by atoms with E-state index in [1.807, 2.05) is 18.2 Å². The molecule has 6 heteroatoms. The standard InChI is InChI=1S/C36H62O6/c1-4-6-7-8-9-10-11-12-13-14-15-19-22-26-33(38)27-24-29-36(40)42-34(30-37)31-41-35(39)28-23-20-17-16-18-21-25-32(3)5-2/h9-10,12-13,15,19,22,26,32-34,37-38H,4-8,11,14,16-18,20-21,23-25,27-31H2,1-3H3/b10-9-,13-12-,19-15-,26-22+/t32?,33-,34-/m0/s1. The quantitative estimate of drug-likeness (QED) is 0.0410. The van der Waals surface area contributed by atoms with Crippen molar-refractivity contribution in [3.8, 4) is 0 Å². The summed E-state index contributed by atoms with van der Waals surface area (Å²) in [6.07, 6.45) is 32.0. The molecule has 0 saturated carbocycles. The van der Waals surface area contributed by atoms with Gasteiger partial charge in [-0.2, -0.15) is 0 Å². The Labute approximate surface area is 257 Å². The Balaban J connectivity index is 3.87. The van der Waals surface area contributed by atoms with Crippen LogP contribution in [0.1, 0.15) is 136 Å². The van der Waals surface area contributed by atoms with Gasteiger partial charge in [0.25, 0.3) is 0 Å². The van der Waals surface area contributed by atoms with E-state index in [1.165, 1.54) is 51.4 Å². The Kier molecular flexibility index (Phi) is 28.7. The lowest BCUT2D eigenvalue weighted by molar-refractivity contribution is -0.161. The van der Waals surface area contributed by atoms with Crippen molar-refractivity contribution in [2.24, 2.45) is 5.92 Å². The molecular formula is C36H62O6. The minimum atomic E-state index is -0.863. The first-order chi connectivity index (χ1) is 20.4. The smallest absolute Gasteiger partial charge is 0.306 e. The van der Waals surface area contributed by atoms with Gasteiger partial charge in [-0.25, -0.2) is 0 Å². The van der Waals surface area contributed by atoms with E-state index in [-0.39, 0.29) is 19.0 Å². The number of esters is 2. The van der Waals surface area contributed by atoms with Crippen LogP contribution in [0.5, 0.6) is 0 Å². The first-order valence-corrected chi connectivity index (χ1v) is 16.7. The number of hydrogen-bond donors (Lipinski definition) is 2. The summed E-state index contributed by atoms with van der Waals surface area (Å²) >= 11 is 0. The average Bonchev–Trinajstić information content (AvgIpc) is 2.98. The normalized spacial score (nSPS) is 14.3. The van der Waals surface area contributed by atoms with Crippen LogP contribution in [0.25, 0.3) is 0 Å². The van der Waals surface area contributed by atoms with Gasteiger partial charge in [0, 0.05) is 12.8 Å². The first kappa shape index (κ1) is 39.8. The highest BCUT2D eigenvalue weighted by atomic mass is 16.6. The first-order valence-electron chi connectivity index (χ1n) is 16.7. The van der Waals surface area contributed by atoms with Gasteiger partial charge in [-0.05, 0) is 50.9 Å². The lowest BCUT2D eigenvalue weighted by Gasteiger charge is -2.16. The Bertz CT molecular complexity index is 754. The van der Waals surface area contributed by atoms with Gasteiger partial charge in [0.05, 0.1) is 12.7 Å². The molecule has 1 unspecified atom stereocenters. The number of aliphatic hydroxyl groups excluding tert-OH is 2. The van der Waals surface area contributed by atoms with Gasteiger partial charge >= 0.3 is 11.9 Å². The Hall–Kier alpha value is -2.18. The van der Waals surface area contributed by atoms with E-state index in [2.05, 4.69) is 45.1 Å². The number of carbonyl (C=O) groups excluding carboxylic acids is 2. The van der Waals surface area contributed by atoms with E-state index in [1.54, 1.807) is 6.08 Å². The van der Waals surface area contributed by atoms with Gasteiger partial charge in [-0.15, -0.1) is 0 Å². The van der Waals surface area contributed by atoms with Crippen LogP contribution in [0, 0.1) is 5.92 Å². The molecule has 0 amide bonds. The number of allylic oxidation sites excluding steroid dienone is 7. The Morgan fingerprint density at radius 3 is 2.12 bits per heavy atom. The van der Waals surface area contributed by atoms with Crippen molar-refractivity contribution in [3.05, 3.63) is 48.6 Å². The van der Waals surface area contributed by atoms with Crippen molar-refractivity contribution in [2.45, 2.75) is 149 Å². The van der Waals surface area contributed by atoms with E-state index in [0.717, 1.165) is 44.4 Å². The topological polar surface area (TPSA) is 93.1 Å². The summed E-state index contributed by atoms with van der Waals surface area (Å²) < 4.78 is 10.4. The molecule has 242 valence electrons. The van der Waals surface area contributed by atoms with Crippen LogP contribution in [0.2, 0.25) is 0 Å². The molecule has 0 rings (SSSR count). The number of rotatable bonds is 28. The lowest BCUT2D eigenvalue weighted by Crippen LogP contribution is -2.28. The maximum absolute atomic E-state index is 12.1. The molecule has 0 aromatic heterocycles. The molecule has 0 aromatic carbocycles. The zero-order valence-corrected chi connectivity index (χ0v) is 27.0. The molecule has 6 nitrogen and oxygen atoms in total. The van der Waals surface area contributed by atoms with Crippen LogP contribution >= 0.6 is 0 Å². The van der Waals surface area contributed by atoms with Crippen molar-refractivity contribution in [3.63, 3.8) is 0 Å². The van der Waals surface area contributed by atoms with E-state index in [9.17, 15) is 19.8 Å². The molecule has 0 aromatic rings. The van der Waals surface area contributed by atoms with Gasteiger partial charge in [-0.1, -0.05) is 127 Å². The molecule has 0 radical (unpaired) electrons. The summed E-state index contributed by atoms with van der Waals surface area (Å²) in [6, 6.07) is 0. The van der Waals surface area contributed by atoms with Gasteiger partial charge in [0.15, 0.2) is 6.10 Å². The van der Waals surface area contributed by atoms with Crippen LogP contribution in [-0.2, 0) is 19.1 Å². The molecular weight excluding hydrogens is 528 g/mol. The molecule has 0 fully saturated rings. The summed E-state index contributed by atoms with van der Waals surface area (Å²) in [5.41, 5.74) is 0. The zero-order chi connectivity index (χ0) is 31.1. The van der Waals surface area contributed by atoms with Crippen LogP contribution in [-0.4, -0.2) is 47.6 Å². The number of aliphatic hydroxyl groups is 2. The van der Waals surface area contributed by atoms with Gasteiger partial charge in [0.2, 0.25) is 0 Å². The van der Waals surface area contributed by atoms with E-state index in [4.69, 9.17) is 9.47 Å². The number of carbonyl (C=O) groups is 2. The number of hydrogen-bond acceptors (Lipinski definition) is 6. The fourth-order valence-corrected chi connectivity index (χ4v) is 4.28. The third kappa shape index (κ3) is 28.0. The van der Waals surface area contributed by atoms with E-state index >= 15 is 0 Å². The van der Waals surface area contributed by atoms with Gasteiger partial charge in [-0.3, -0.25) is 9.59 Å². The molecule has 0 aliphatic carbocycles. The maximum Gasteiger partial charge on any atom is 0.306 e. The van der Waals surface area contributed by atoms with E-state index in [0.29, 0.717) is 19.3 Å². The highest BCUT2D eigenvalue weighted by molar-refractivity contribution is 5.70. The minimum absolute atomic E-state index is 0.125. The second-order valence-electron chi connectivity index (χ2n) is 11.3.